The number of benzene rings is 3. The Labute approximate surface area is 176 Å². The molecule has 0 heterocycles. The Balaban J connectivity index is 2.08. The summed E-state index contributed by atoms with van der Waals surface area (Å²) in [5, 5.41) is 0. The number of nitrogens with zero attached hydrogens (tertiary/aromatic N) is 1. The first kappa shape index (κ1) is 20.7. The van der Waals surface area contributed by atoms with Crippen LogP contribution in [0.5, 0.6) is 0 Å². The largest absolute Gasteiger partial charge is 0.366 e. The normalized spacial score (nSPS) is 11.8. The smallest absolute Gasteiger partial charge is 0.0450 e. The van der Waals surface area contributed by atoms with Crippen LogP contribution in [-0.4, -0.2) is 12.1 Å². The summed E-state index contributed by atoms with van der Waals surface area (Å²) >= 11 is 0. The van der Waals surface area contributed by atoms with Gasteiger partial charge in [0.05, 0.1) is 0 Å². The van der Waals surface area contributed by atoms with Gasteiger partial charge in [-0.25, -0.2) is 0 Å². The molecule has 0 N–H and O–H groups in total. The first-order valence-corrected chi connectivity index (χ1v) is 10.4. The monoisotopic (exact) mass is 381 g/mol. The molecule has 0 aliphatic rings. The van der Waals surface area contributed by atoms with E-state index >= 15 is 0 Å². The standard InChI is InChI=1S/C28H31N/c1-22(2)29(23(3)4)28-17-11-16-26(20-18-24-12-7-5-8-13-24)27(28)21-19-25-14-9-6-10-15-25/h5-23H,1-4H3. The third-order valence-electron chi connectivity index (χ3n) is 5.00. The Hall–Kier alpha value is -3.06. The Morgan fingerprint density at radius 1 is 0.552 bits per heavy atom. The molecule has 0 radical (unpaired) electrons. The van der Waals surface area contributed by atoms with E-state index in [4.69, 9.17) is 0 Å². The zero-order valence-electron chi connectivity index (χ0n) is 17.9. The summed E-state index contributed by atoms with van der Waals surface area (Å²) in [6.45, 7) is 9.04. The van der Waals surface area contributed by atoms with E-state index in [1.54, 1.807) is 0 Å². The lowest BCUT2D eigenvalue weighted by Crippen LogP contribution is -2.37. The highest BCUT2D eigenvalue weighted by molar-refractivity contribution is 5.85. The van der Waals surface area contributed by atoms with Crippen LogP contribution in [0.3, 0.4) is 0 Å². The average Bonchev–Trinajstić information content (AvgIpc) is 2.72. The summed E-state index contributed by atoms with van der Waals surface area (Å²) in [6, 6.07) is 28.4. The summed E-state index contributed by atoms with van der Waals surface area (Å²) in [4.78, 5) is 2.49. The highest BCUT2D eigenvalue weighted by atomic mass is 15.2. The van der Waals surface area contributed by atoms with Crippen LogP contribution in [0.1, 0.15) is 49.9 Å². The van der Waals surface area contributed by atoms with Gasteiger partial charge in [0.25, 0.3) is 0 Å². The third-order valence-corrected chi connectivity index (χ3v) is 5.00. The second-order valence-electron chi connectivity index (χ2n) is 7.86. The first-order valence-electron chi connectivity index (χ1n) is 10.4. The van der Waals surface area contributed by atoms with Crippen LogP contribution < -0.4 is 4.90 Å². The topological polar surface area (TPSA) is 3.24 Å². The molecule has 0 unspecified atom stereocenters. The highest BCUT2D eigenvalue weighted by Crippen LogP contribution is 2.30. The molecule has 0 aromatic heterocycles. The lowest BCUT2D eigenvalue weighted by molar-refractivity contribution is 0.607. The van der Waals surface area contributed by atoms with Gasteiger partial charge in [0.1, 0.15) is 0 Å². The molecule has 3 aromatic carbocycles. The molecule has 148 valence electrons. The number of hydrogen-bond donors (Lipinski definition) is 0. The van der Waals surface area contributed by atoms with Gasteiger partial charge in [0.15, 0.2) is 0 Å². The summed E-state index contributed by atoms with van der Waals surface area (Å²) in [7, 11) is 0. The Morgan fingerprint density at radius 2 is 1.07 bits per heavy atom. The maximum Gasteiger partial charge on any atom is 0.0450 e. The summed E-state index contributed by atoms with van der Waals surface area (Å²) in [5.41, 5.74) is 6.18. The van der Waals surface area contributed by atoms with Crippen LogP contribution >= 0.6 is 0 Å². The molecule has 0 bridgehead atoms. The zero-order valence-corrected chi connectivity index (χ0v) is 17.9. The van der Waals surface area contributed by atoms with Crippen LogP contribution in [0.15, 0.2) is 78.9 Å². The molecule has 3 rings (SSSR count). The van der Waals surface area contributed by atoms with Gasteiger partial charge in [-0.2, -0.15) is 0 Å². The van der Waals surface area contributed by atoms with Crippen molar-refractivity contribution in [3.8, 4) is 0 Å². The van der Waals surface area contributed by atoms with Crippen LogP contribution in [0.4, 0.5) is 5.69 Å². The van der Waals surface area contributed by atoms with Crippen molar-refractivity contribution in [1.82, 2.24) is 0 Å². The van der Waals surface area contributed by atoms with Crippen LogP contribution in [0.25, 0.3) is 24.3 Å². The van der Waals surface area contributed by atoms with E-state index in [9.17, 15) is 0 Å². The Kier molecular flexibility index (Phi) is 7.08. The quantitative estimate of drug-likeness (QED) is 0.380. The second-order valence-corrected chi connectivity index (χ2v) is 7.86. The molecule has 0 fully saturated rings. The molecular formula is C28H31N. The molecule has 1 nitrogen and oxygen atoms in total. The summed E-state index contributed by atoms with van der Waals surface area (Å²) in [6.07, 6.45) is 8.88. The van der Waals surface area contributed by atoms with Gasteiger partial charge in [0.2, 0.25) is 0 Å². The molecule has 0 saturated heterocycles. The minimum atomic E-state index is 0.423. The van der Waals surface area contributed by atoms with Crippen molar-refractivity contribution in [2.75, 3.05) is 4.90 Å². The lowest BCUT2D eigenvalue weighted by atomic mass is 9.99. The van der Waals surface area contributed by atoms with Crippen LogP contribution in [0.2, 0.25) is 0 Å². The SMILES string of the molecule is CC(C)N(c1cccc(C=Cc2ccccc2)c1C=Cc1ccccc1)C(C)C. The lowest BCUT2D eigenvalue weighted by Gasteiger charge is -2.34. The van der Waals surface area contributed by atoms with E-state index in [0.29, 0.717) is 12.1 Å². The molecule has 29 heavy (non-hydrogen) atoms. The molecule has 0 aliphatic carbocycles. The fraction of sp³-hybridized carbons (Fsp3) is 0.214. The fourth-order valence-electron chi connectivity index (χ4n) is 3.77. The van der Waals surface area contributed by atoms with E-state index in [1.807, 2.05) is 0 Å². The van der Waals surface area contributed by atoms with E-state index in [0.717, 1.165) is 0 Å². The van der Waals surface area contributed by atoms with Gasteiger partial charge in [-0.05, 0) is 50.5 Å². The van der Waals surface area contributed by atoms with Crippen molar-refractivity contribution in [3.63, 3.8) is 0 Å². The Morgan fingerprint density at radius 3 is 1.59 bits per heavy atom. The first-order chi connectivity index (χ1) is 14.1. The van der Waals surface area contributed by atoms with Crippen molar-refractivity contribution in [2.24, 2.45) is 0 Å². The van der Waals surface area contributed by atoms with Gasteiger partial charge in [-0.15, -0.1) is 0 Å². The predicted molar refractivity (Wildman–Crippen MR) is 130 cm³/mol. The average molecular weight is 382 g/mol. The fourth-order valence-corrected chi connectivity index (χ4v) is 3.77. The van der Waals surface area contributed by atoms with Gasteiger partial charge in [0, 0.05) is 23.3 Å². The van der Waals surface area contributed by atoms with Gasteiger partial charge in [-0.1, -0.05) is 97.1 Å². The third kappa shape index (κ3) is 5.48. The molecule has 1 heteroatoms. The molecular weight excluding hydrogens is 350 g/mol. The van der Waals surface area contributed by atoms with Crippen LogP contribution in [0, 0.1) is 0 Å². The summed E-state index contributed by atoms with van der Waals surface area (Å²) < 4.78 is 0. The maximum absolute atomic E-state index is 2.49. The summed E-state index contributed by atoms with van der Waals surface area (Å²) in [5.74, 6) is 0. The van der Waals surface area contributed by atoms with E-state index in [1.165, 1.54) is 27.9 Å². The minimum absolute atomic E-state index is 0.423. The molecule has 0 aliphatic heterocycles. The predicted octanol–water partition coefficient (Wildman–Crippen LogP) is 7.65. The Bertz CT molecular complexity index is 942. The van der Waals surface area contributed by atoms with Crippen molar-refractivity contribution in [2.45, 2.75) is 39.8 Å². The molecule has 0 atom stereocenters. The van der Waals surface area contributed by atoms with Crippen molar-refractivity contribution in [3.05, 3.63) is 101 Å². The van der Waals surface area contributed by atoms with Crippen LogP contribution in [-0.2, 0) is 0 Å². The minimum Gasteiger partial charge on any atom is -0.366 e. The molecule has 0 saturated carbocycles. The number of hydrogen-bond acceptors (Lipinski definition) is 1. The van der Waals surface area contributed by atoms with E-state index in [2.05, 4.69) is 136 Å². The van der Waals surface area contributed by atoms with E-state index in [-0.39, 0.29) is 0 Å². The van der Waals surface area contributed by atoms with Gasteiger partial charge < -0.3 is 4.90 Å². The highest BCUT2D eigenvalue weighted by Gasteiger charge is 2.17. The second kappa shape index (κ2) is 9.93. The maximum atomic E-state index is 2.49. The van der Waals surface area contributed by atoms with E-state index < -0.39 is 0 Å². The molecule has 0 spiro atoms. The number of rotatable bonds is 7. The number of anilines is 1. The van der Waals surface area contributed by atoms with Crippen molar-refractivity contribution in [1.29, 1.82) is 0 Å². The van der Waals surface area contributed by atoms with Gasteiger partial charge >= 0.3 is 0 Å². The zero-order chi connectivity index (χ0) is 20.6. The molecule has 0 amide bonds. The van der Waals surface area contributed by atoms with Crippen molar-refractivity contribution < 1.29 is 0 Å². The molecule has 3 aromatic rings. The van der Waals surface area contributed by atoms with Crippen molar-refractivity contribution >= 4 is 30.0 Å². The van der Waals surface area contributed by atoms with Gasteiger partial charge in [-0.3, -0.25) is 0 Å².